The molecule has 1 amide bonds. The summed E-state index contributed by atoms with van der Waals surface area (Å²) in [6, 6.07) is 57.6. The van der Waals surface area contributed by atoms with Gasteiger partial charge in [0.15, 0.2) is 0 Å². The second-order valence-electron chi connectivity index (χ2n) is 14.6. The number of rotatable bonds is 11. The molecule has 8 nitrogen and oxygen atoms in total. The summed E-state index contributed by atoms with van der Waals surface area (Å²) in [5.74, 6) is 0. The smallest absolute Gasteiger partial charge is 0.411 e. The SMILES string of the molecule is C=C(c1cccc(N)c1)c1ccc2c(/C=C/c3ccccc3)n[nH]c2c1.C=C(c1cccc(NC(=O)OCc2ccccc2)c1)c1ccc2c(/C=C/c3ccccc3)n[nH]c2c1.CC. The van der Waals surface area contributed by atoms with Crippen LogP contribution in [-0.2, 0) is 11.3 Å². The first kappa shape index (κ1) is 43.6. The molecule has 0 radical (unpaired) electrons. The average Bonchev–Trinajstić information content (AvgIpc) is 3.96. The molecule has 2 heterocycles. The van der Waals surface area contributed by atoms with E-state index in [4.69, 9.17) is 10.5 Å². The predicted molar refractivity (Wildman–Crippen MR) is 268 cm³/mol. The van der Waals surface area contributed by atoms with Crippen molar-refractivity contribution < 1.29 is 9.53 Å². The number of anilines is 2. The summed E-state index contributed by atoms with van der Waals surface area (Å²) in [5.41, 5.74) is 19.9. The number of H-pyrrole nitrogens is 2. The maximum atomic E-state index is 12.3. The highest BCUT2D eigenvalue weighted by Gasteiger charge is 2.11. The number of carbonyl (C=O) groups excluding carboxylic acids is 1. The predicted octanol–water partition coefficient (Wildman–Crippen LogP) is 13.9. The van der Waals surface area contributed by atoms with E-state index < -0.39 is 6.09 Å². The zero-order valence-corrected chi connectivity index (χ0v) is 36.0. The Kier molecular flexibility index (Phi) is 14.5. The van der Waals surface area contributed by atoms with Gasteiger partial charge >= 0.3 is 6.09 Å². The number of benzene rings is 7. The Bertz CT molecular complexity index is 3060. The van der Waals surface area contributed by atoms with Crippen molar-refractivity contribution in [2.75, 3.05) is 11.1 Å². The van der Waals surface area contributed by atoms with E-state index in [0.29, 0.717) is 5.69 Å². The zero-order chi connectivity index (χ0) is 44.7. The monoisotopic (exact) mass is 838 g/mol. The number of fused-ring (bicyclic) bond motifs is 2. The van der Waals surface area contributed by atoms with Gasteiger partial charge in [0.1, 0.15) is 6.61 Å². The van der Waals surface area contributed by atoms with Gasteiger partial charge in [-0.25, -0.2) is 4.79 Å². The van der Waals surface area contributed by atoms with E-state index in [9.17, 15) is 4.79 Å². The van der Waals surface area contributed by atoms with Gasteiger partial charge in [-0.15, -0.1) is 0 Å². The maximum absolute atomic E-state index is 12.3. The first-order valence-electron chi connectivity index (χ1n) is 21.1. The topological polar surface area (TPSA) is 122 Å². The summed E-state index contributed by atoms with van der Waals surface area (Å²) in [5, 5.41) is 20.1. The lowest BCUT2D eigenvalue weighted by molar-refractivity contribution is 0.155. The fraction of sp³-hybridized carbons (Fsp3) is 0.0536. The van der Waals surface area contributed by atoms with Crippen LogP contribution in [0.5, 0.6) is 0 Å². The van der Waals surface area contributed by atoms with Gasteiger partial charge in [0, 0.05) is 22.1 Å². The molecule has 64 heavy (non-hydrogen) atoms. The van der Waals surface area contributed by atoms with E-state index in [2.05, 4.69) is 87.4 Å². The molecule has 0 aliphatic heterocycles. The number of carbonyl (C=O) groups is 1. The highest BCUT2D eigenvalue weighted by atomic mass is 16.5. The molecule has 8 heteroatoms. The molecule has 0 unspecified atom stereocenters. The van der Waals surface area contributed by atoms with Gasteiger partial charge in [-0.05, 0) is 111 Å². The van der Waals surface area contributed by atoms with Gasteiger partial charge in [0.2, 0.25) is 0 Å². The number of ether oxygens (including phenoxy) is 1. The number of aromatic nitrogens is 4. The second kappa shape index (κ2) is 21.3. The van der Waals surface area contributed by atoms with Crippen LogP contribution in [0.4, 0.5) is 16.2 Å². The van der Waals surface area contributed by atoms with Crippen LogP contribution < -0.4 is 11.1 Å². The normalized spacial score (nSPS) is 10.8. The fourth-order valence-corrected chi connectivity index (χ4v) is 6.91. The molecular weight excluding hydrogens is 789 g/mol. The first-order chi connectivity index (χ1) is 31.4. The largest absolute Gasteiger partial charge is 0.444 e. The summed E-state index contributed by atoms with van der Waals surface area (Å²) in [4.78, 5) is 12.3. The van der Waals surface area contributed by atoms with E-state index in [-0.39, 0.29) is 6.61 Å². The third kappa shape index (κ3) is 11.3. The van der Waals surface area contributed by atoms with Crippen LogP contribution in [0.1, 0.15) is 64.2 Å². The summed E-state index contributed by atoms with van der Waals surface area (Å²) < 4.78 is 5.33. The zero-order valence-electron chi connectivity index (χ0n) is 36.0. The van der Waals surface area contributed by atoms with Crippen LogP contribution >= 0.6 is 0 Å². The van der Waals surface area contributed by atoms with Crippen molar-refractivity contribution in [3.8, 4) is 0 Å². The number of amides is 1. The van der Waals surface area contributed by atoms with Crippen LogP contribution in [0.15, 0.2) is 189 Å². The van der Waals surface area contributed by atoms with Gasteiger partial charge in [-0.1, -0.05) is 167 Å². The molecule has 2 aromatic heterocycles. The molecule has 9 aromatic rings. The molecule has 316 valence electrons. The number of aromatic amines is 2. The lowest BCUT2D eigenvalue weighted by atomic mass is 9.98. The van der Waals surface area contributed by atoms with E-state index in [1.165, 1.54) is 0 Å². The third-order valence-corrected chi connectivity index (χ3v) is 10.3. The van der Waals surface area contributed by atoms with Gasteiger partial charge in [0.25, 0.3) is 0 Å². The first-order valence-corrected chi connectivity index (χ1v) is 21.1. The van der Waals surface area contributed by atoms with Crippen molar-refractivity contribution in [1.29, 1.82) is 0 Å². The summed E-state index contributed by atoms with van der Waals surface area (Å²) >= 11 is 0. The van der Waals surface area contributed by atoms with Crippen LogP contribution in [0.2, 0.25) is 0 Å². The Labute approximate surface area is 374 Å². The Balaban J connectivity index is 0.000000193. The molecule has 0 aliphatic carbocycles. The summed E-state index contributed by atoms with van der Waals surface area (Å²) in [7, 11) is 0. The van der Waals surface area contributed by atoms with Crippen LogP contribution in [0.3, 0.4) is 0 Å². The molecule has 5 N–H and O–H groups in total. The number of nitrogens with zero attached hydrogens (tertiary/aromatic N) is 2. The molecule has 0 saturated carbocycles. The second-order valence-corrected chi connectivity index (χ2v) is 14.6. The van der Waals surface area contributed by atoms with Crippen LogP contribution in [-0.4, -0.2) is 26.5 Å². The minimum absolute atomic E-state index is 0.214. The van der Waals surface area contributed by atoms with E-state index in [1.54, 1.807) is 0 Å². The van der Waals surface area contributed by atoms with Crippen LogP contribution in [0, 0.1) is 0 Å². The quantitative estimate of drug-likeness (QED) is 0.0967. The van der Waals surface area contributed by atoms with Gasteiger partial charge in [-0.2, -0.15) is 10.2 Å². The molecule has 0 atom stereocenters. The lowest BCUT2D eigenvalue weighted by Gasteiger charge is -2.11. The summed E-state index contributed by atoms with van der Waals surface area (Å²) in [6.45, 7) is 12.7. The average molecular weight is 839 g/mol. The number of hydrogen-bond donors (Lipinski definition) is 4. The Hall–Kier alpha value is -8.49. The molecule has 9 rings (SSSR count). The minimum atomic E-state index is -0.503. The standard InChI is InChI=1S/C31H25N3O2.C23H19N3.C2H6/c1-22(25-13-8-14-27(19-25)32-31(35)36-21-24-11-6-3-7-12-24)26-16-17-28-29(33-34-30(28)20-26)18-15-23-9-4-2-5-10-23;1-16(18-8-5-9-20(24)14-18)19-11-12-21-22(25-26-23(21)15-19)13-10-17-6-3-2-4-7-17;1-2/h2-20H,1,21H2,(H,32,35)(H,33,34);2-15H,1,24H2,(H,25,26);1-2H3/b18-15+;13-10+;. The van der Waals surface area contributed by atoms with Crippen molar-refractivity contribution >= 4 is 74.7 Å². The fourth-order valence-electron chi connectivity index (χ4n) is 6.91. The molecule has 0 spiro atoms. The number of nitrogen functional groups attached to an aromatic ring is 1. The third-order valence-electron chi connectivity index (χ3n) is 10.3. The number of hydrogen-bond acceptors (Lipinski definition) is 5. The van der Waals surface area contributed by atoms with Crippen molar-refractivity contribution in [1.82, 2.24) is 20.4 Å². The molecule has 7 aromatic carbocycles. The lowest BCUT2D eigenvalue weighted by Crippen LogP contribution is -2.13. The van der Waals surface area contributed by atoms with E-state index in [1.807, 2.05) is 166 Å². The van der Waals surface area contributed by atoms with E-state index >= 15 is 0 Å². The Morgan fingerprint density at radius 1 is 0.562 bits per heavy atom. The molecule has 0 saturated heterocycles. The number of nitrogens with two attached hydrogens (primary N) is 1. The van der Waals surface area contributed by atoms with Crippen molar-refractivity contribution in [3.63, 3.8) is 0 Å². The van der Waals surface area contributed by atoms with Crippen molar-refractivity contribution in [3.05, 3.63) is 239 Å². The Morgan fingerprint density at radius 2 is 1.03 bits per heavy atom. The van der Waals surface area contributed by atoms with Gasteiger partial charge in [-0.3, -0.25) is 15.5 Å². The minimum Gasteiger partial charge on any atom is -0.444 e. The van der Waals surface area contributed by atoms with Crippen molar-refractivity contribution in [2.24, 2.45) is 0 Å². The molecule has 0 fully saturated rings. The molecular formula is C56H50N6O2. The summed E-state index contributed by atoms with van der Waals surface area (Å²) in [6.07, 6.45) is 7.65. The van der Waals surface area contributed by atoms with Crippen molar-refractivity contribution in [2.45, 2.75) is 20.5 Å². The van der Waals surface area contributed by atoms with E-state index in [0.717, 1.165) is 89.0 Å². The Morgan fingerprint density at radius 3 is 1.55 bits per heavy atom. The van der Waals surface area contributed by atoms with Crippen LogP contribution in [0.25, 0.3) is 57.3 Å². The maximum Gasteiger partial charge on any atom is 0.411 e. The number of nitrogens with one attached hydrogen (secondary N) is 3. The highest BCUT2D eigenvalue weighted by molar-refractivity contribution is 5.94. The molecule has 0 bridgehead atoms. The molecule has 0 aliphatic rings. The highest BCUT2D eigenvalue weighted by Crippen LogP contribution is 2.29. The van der Waals surface area contributed by atoms with Gasteiger partial charge in [0.05, 0.1) is 22.4 Å². The van der Waals surface area contributed by atoms with Gasteiger partial charge < -0.3 is 10.5 Å².